The van der Waals surface area contributed by atoms with Crippen molar-refractivity contribution in [2.75, 3.05) is 13.7 Å². The Kier molecular flexibility index (Phi) is 5.94. The van der Waals surface area contributed by atoms with Gasteiger partial charge in [0.2, 0.25) is 0 Å². The van der Waals surface area contributed by atoms with Crippen molar-refractivity contribution in [3.05, 3.63) is 42.4 Å². The Labute approximate surface area is 204 Å². The van der Waals surface area contributed by atoms with E-state index in [1.165, 1.54) is 7.11 Å². The second kappa shape index (κ2) is 8.94. The minimum atomic E-state index is -0.498. The third-order valence-corrected chi connectivity index (χ3v) is 6.77. The summed E-state index contributed by atoms with van der Waals surface area (Å²) in [5, 5.41) is 4.49. The van der Waals surface area contributed by atoms with Crippen LogP contribution < -0.4 is 0 Å². The van der Waals surface area contributed by atoms with Crippen molar-refractivity contribution in [3.8, 4) is 11.3 Å². The SMILES string of the molecule is COC(=O)C1CC(n2cc(-c3cnc4ccc(CC5CCN5C(=O)OC(C)(C)C)cc4n3)cn2)C1. The lowest BCUT2D eigenvalue weighted by Crippen LogP contribution is -2.53. The zero-order chi connectivity index (χ0) is 24.7. The van der Waals surface area contributed by atoms with E-state index in [1.54, 1.807) is 17.3 Å². The molecule has 1 aromatic carbocycles. The average Bonchev–Trinajstić information content (AvgIpc) is 3.23. The summed E-state index contributed by atoms with van der Waals surface area (Å²) in [4.78, 5) is 35.3. The lowest BCUT2D eigenvalue weighted by Gasteiger charge is -2.41. The van der Waals surface area contributed by atoms with Crippen molar-refractivity contribution in [1.82, 2.24) is 24.6 Å². The molecular formula is C26H31N5O4. The molecule has 1 atom stereocenters. The number of rotatable bonds is 5. The number of ether oxygens (including phenoxy) is 2. The quantitative estimate of drug-likeness (QED) is 0.509. The van der Waals surface area contributed by atoms with Crippen LogP contribution in [0.4, 0.5) is 4.79 Å². The van der Waals surface area contributed by atoms with Gasteiger partial charge in [-0.3, -0.25) is 14.5 Å². The fraction of sp³-hybridized carbons (Fsp3) is 0.500. The normalized spacial score (nSPS) is 21.8. The molecule has 1 amide bonds. The second-order valence-corrected chi connectivity index (χ2v) is 10.5. The molecule has 2 fully saturated rings. The van der Waals surface area contributed by atoms with Crippen LogP contribution in [0.1, 0.15) is 51.6 Å². The van der Waals surface area contributed by atoms with Crippen LogP contribution in [0.5, 0.6) is 0 Å². The summed E-state index contributed by atoms with van der Waals surface area (Å²) in [5.74, 6) is -0.195. The number of methoxy groups -OCH3 is 1. The van der Waals surface area contributed by atoms with Crippen LogP contribution in [0.15, 0.2) is 36.8 Å². The Bertz CT molecular complexity index is 1260. The topological polar surface area (TPSA) is 99.4 Å². The highest BCUT2D eigenvalue weighted by Gasteiger charge is 2.37. The fourth-order valence-corrected chi connectivity index (χ4v) is 4.64. The Morgan fingerprint density at radius 1 is 1.14 bits per heavy atom. The minimum absolute atomic E-state index is 0.0431. The van der Waals surface area contributed by atoms with Crippen molar-refractivity contribution < 1.29 is 19.1 Å². The van der Waals surface area contributed by atoms with Gasteiger partial charge < -0.3 is 14.4 Å². The third-order valence-electron chi connectivity index (χ3n) is 6.77. The van der Waals surface area contributed by atoms with Gasteiger partial charge in [-0.2, -0.15) is 5.10 Å². The molecular weight excluding hydrogens is 446 g/mol. The van der Waals surface area contributed by atoms with Crippen molar-refractivity contribution in [3.63, 3.8) is 0 Å². The molecule has 5 rings (SSSR count). The predicted molar refractivity (Wildman–Crippen MR) is 130 cm³/mol. The predicted octanol–water partition coefficient (Wildman–Crippen LogP) is 4.17. The number of nitrogens with zero attached hydrogens (tertiary/aromatic N) is 5. The van der Waals surface area contributed by atoms with Gasteiger partial charge in [0.05, 0.1) is 48.2 Å². The number of aromatic nitrogens is 4. The van der Waals surface area contributed by atoms with Crippen molar-refractivity contribution in [1.29, 1.82) is 0 Å². The van der Waals surface area contributed by atoms with Crippen LogP contribution in [0.3, 0.4) is 0 Å². The molecule has 184 valence electrons. The molecule has 2 aliphatic rings. The highest BCUT2D eigenvalue weighted by atomic mass is 16.6. The summed E-state index contributed by atoms with van der Waals surface area (Å²) in [5.41, 5.74) is 3.89. The van der Waals surface area contributed by atoms with E-state index in [1.807, 2.05) is 37.7 Å². The summed E-state index contributed by atoms with van der Waals surface area (Å²) in [6.45, 7) is 6.37. The first kappa shape index (κ1) is 23.3. The Morgan fingerprint density at radius 2 is 1.94 bits per heavy atom. The molecule has 1 saturated carbocycles. The molecule has 1 saturated heterocycles. The molecule has 3 heterocycles. The number of carbonyl (C=O) groups excluding carboxylic acids is 2. The Morgan fingerprint density at radius 3 is 2.63 bits per heavy atom. The van der Waals surface area contributed by atoms with Crippen molar-refractivity contribution in [2.45, 2.75) is 64.1 Å². The molecule has 35 heavy (non-hydrogen) atoms. The molecule has 0 bridgehead atoms. The van der Waals surface area contributed by atoms with Gasteiger partial charge in [0.1, 0.15) is 5.60 Å². The fourth-order valence-electron chi connectivity index (χ4n) is 4.64. The number of fused-ring (bicyclic) bond motifs is 1. The van der Waals surface area contributed by atoms with Crippen molar-refractivity contribution >= 4 is 23.1 Å². The summed E-state index contributed by atoms with van der Waals surface area (Å²) >= 11 is 0. The van der Waals surface area contributed by atoms with Crippen LogP contribution in [-0.2, 0) is 20.7 Å². The molecule has 9 nitrogen and oxygen atoms in total. The number of benzene rings is 1. The molecule has 1 unspecified atom stereocenters. The molecule has 9 heteroatoms. The average molecular weight is 478 g/mol. The smallest absolute Gasteiger partial charge is 0.410 e. The molecule has 0 N–H and O–H groups in total. The number of esters is 1. The van der Waals surface area contributed by atoms with Crippen LogP contribution >= 0.6 is 0 Å². The maximum absolute atomic E-state index is 12.4. The van der Waals surface area contributed by atoms with E-state index < -0.39 is 5.60 Å². The highest BCUT2D eigenvalue weighted by molar-refractivity contribution is 5.78. The van der Waals surface area contributed by atoms with Crippen LogP contribution in [0.2, 0.25) is 0 Å². The van der Waals surface area contributed by atoms with Gasteiger partial charge in [0.15, 0.2) is 0 Å². The summed E-state index contributed by atoms with van der Waals surface area (Å²) in [6, 6.07) is 6.41. The Hall–Kier alpha value is -3.49. The van der Waals surface area contributed by atoms with E-state index in [0.717, 1.165) is 60.1 Å². The number of carbonyl (C=O) groups is 2. The van der Waals surface area contributed by atoms with Gasteiger partial charge in [-0.15, -0.1) is 0 Å². The van der Waals surface area contributed by atoms with Crippen LogP contribution in [-0.4, -0.2) is 62.0 Å². The lowest BCUT2D eigenvalue weighted by atomic mass is 9.80. The van der Waals surface area contributed by atoms with Gasteiger partial charge >= 0.3 is 12.1 Å². The van der Waals surface area contributed by atoms with Gasteiger partial charge in [-0.1, -0.05) is 6.07 Å². The zero-order valence-corrected chi connectivity index (χ0v) is 20.6. The first-order chi connectivity index (χ1) is 16.7. The lowest BCUT2D eigenvalue weighted by molar-refractivity contribution is -0.149. The largest absolute Gasteiger partial charge is 0.469 e. The molecule has 1 aliphatic heterocycles. The maximum atomic E-state index is 12.4. The first-order valence-corrected chi connectivity index (χ1v) is 12.1. The first-order valence-electron chi connectivity index (χ1n) is 12.1. The zero-order valence-electron chi connectivity index (χ0n) is 20.6. The Balaban J connectivity index is 1.28. The van der Waals surface area contributed by atoms with E-state index in [9.17, 15) is 9.59 Å². The molecule has 0 spiro atoms. The molecule has 1 aliphatic carbocycles. The van der Waals surface area contributed by atoms with E-state index in [0.29, 0.717) is 0 Å². The van der Waals surface area contributed by atoms with E-state index in [2.05, 4.69) is 22.2 Å². The highest BCUT2D eigenvalue weighted by Crippen LogP contribution is 2.38. The number of hydrogen-bond acceptors (Lipinski definition) is 7. The van der Waals surface area contributed by atoms with Gasteiger partial charge in [0.25, 0.3) is 0 Å². The number of amides is 1. The number of likely N-dealkylation sites (tertiary alicyclic amines) is 1. The van der Waals surface area contributed by atoms with Crippen molar-refractivity contribution in [2.24, 2.45) is 5.92 Å². The monoisotopic (exact) mass is 477 g/mol. The summed E-state index contributed by atoms with van der Waals surface area (Å²) < 4.78 is 12.3. The molecule has 3 aromatic rings. The third kappa shape index (κ3) is 4.85. The minimum Gasteiger partial charge on any atom is -0.469 e. The summed E-state index contributed by atoms with van der Waals surface area (Å²) in [6.07, 6.45) is 8.45. The van der Waals surface area contributed by atoms with E-state index in [4.69, 9.17) is 14.5 Å². The van der Waals surface area contributed by atoms with Gasteiger partial charge in [-0.05, 0) is 64.2 Å². The van der Waals surface area contributed by atoms with E-state index in [-0.39, 0.29) is 30.1 Å². The van der Waals surface area contributed by atoms with Gasteiger partial charge in [-0.25, -0.2) is 9.78 Å². The number of hydrogen-bond donors (Lipinski definition) is 0. The maximum Gasteiger partial charge on any atom is 0.410 e. The second-order valence-electron chi connectivity index (χ2n) is 10.5. The van der Waals surface area contributed by atoms with Gasteiger partial charge in [0, 0.05) is 24.3 Å². The molecule has 0 radical (unpaired) electrons. The molecule has 2 aromatic heterocycles. The van der Waals surface area contributed by atoms with Crippen LogP contribution in [0, 0.1) is 5.92 Å². The standard InChI is InChI=1S/C26H31N5O4/c1-26(2,3)35-25(33)30-8-7-19(30)9-16-5-6-21-22(10-16)29-23(14-27-21)18-13-28-31(15-18)20-11-17(12-20)24(32)34-4/h5-6,10,13-15,17,19-20H,7-9,11-12H2,1-4H3. The summed E-state index contributed by atoms with van der Waals surface area (Å²) in [7, 11) is 1.43. The van der Waals surface area contributed by atoms with E-state index >= 15 is 0 Å². The van der Waals surface area contributed by atoms with Crippen LogP contribution in [0.25, 0.3) is 22.3 Å².